The van der Waals surface area contributed by atoms with Gasteiger partial charge in [-0.2, -0.15) is 5.10 Å². The van der Waals surface area contributed by atoms with E-state index in [1.807, 2.05) is 56.3 Å². The average Bonchev–Trinajstić information content (AvgIpc) is 2.55. The zero-order valence-corrected chi connectivity index (χ0v) is 16.6. The summed E-state index contributed by atoms with van der Waals surface area (Å²) >= 11 is 6.85. The molecular weight excluding hydrogens is 436 g/mol. The van der Waals surface area contributed by atoms with Crippen molar-refractivity contribution in [2.45, 2.75) is 20.3 Å². The fourth-order valence-electron chi connectivity index (χ4n) is 2.15. The van der Waals surface area contributed by atoms with Crippen LogP contribution in [0, 0.1) is 6.92 Å². The first-order valence-electron chi connectivity index (χ1n) is 7.50. The lowest BCUT2D eigenvalue weighted by atomic mass is 10.1. The third-order valence-electron chi connectivity index (χ3n) is 3.30. The molecule has 24 heavy (non-hydrogen) atoms. The van der Waals surface area contributed by atoms with Gasteiger partial charge >= 0.3 is 0 Å². The van der Waals surface area contributed by atoms with E-state index in [1.165, 1.54) is 0 Å². The fourth-order valence-corrected chi connectivity index (χ4v) is 3.70. The Morgan fingerprint density at radius 3 is 2.54 bits per heavy atom. The molecule has 4 nitrogen and oxygen atoms in total. The Balaban J connectivity index is 1.97. The lowest BCUT2D eigenvalue weighted by molar-refractivity contribution is -0.123. The second-order valence-corrected chi connectivity index (χ2v) is 6.91. The van der Waals surface area contributed by atoms with Crippen LogP contribution in [0.1, 0.15) is 24.5 Å². The molecular formula is C18H18Br2N2O2. The maximum Gasteiger partial charge on any atom is 0.277 e. The number of benzene rings is 2. The highest BCUT2D eigenvalue weighted by atomic mass is 79.9. The molecule has 0 saturated heterocycles. The second kappa shape index (κ2) is 8.99. The smallest absolute Gasteiger partial charge is 0.277 e. The van der Waals surface area contributed by atoms with Gasteiger partial charge in [0.25, 0.3) is 5.91 Å². The molecule has 1 amide bonds. The Morgan fingerprint density at radius 2 is 1.92 bits per heavy atom. The standard InChI is InChI=1S/C18H18Br2N2O2/c1-3-16(13-7-5-4-6-8-13)21-22-17(23)11-24-18-12(2)9-14(19)10-15(18)20/h4-10H,3,11H2,1-2H3,(H,22,23)/b21-16-. The number of nitrogens with zero attached hydrogens (tertiary/aromatic N) is 1. The number of hydrazone groups is 1. The summed E-state index contributed by atoms with van der Waals surface area (Å²) in [4.78, 5) is 12.0. The summed E-state index contributed by atoms with van der Waals surface area (Å²) in [6.07, 6.45) is 0.725. The van der Waals surface area contributed by atoms with Crippen molar-refractivity contribution in [1.82, 2.24) is 5.43 Å². The van der Waals surface area contributed by atoms with Crippen molar-refractivity contribution in [3.05, 3.63) is 62.5 Å². The van der Waals surface area contributed by atoms with Gasteiger partial charge < -0.3 is 4.74 Å². The molecule has 0 heterocycles. The van der Waals surface area contributed by atoms with E-state index >= 15 is 0 Å². The molecule has 0 atom stereocenters. The van der Waals surface area contributed by atoms with Crippen LogP contribution < -0.4 is 10.2 Å². The number of rotatable bonds is 6. The van der Waals surface area contributed by atoms with E-state index < -0.39 is 0 Å². The molecule has 0 saturated carbocycles. The Kier molecular flexibility index (Phi) is 6.99. The van der Waals surface area contributed by atoms with E-state index in [-0.39, 0.29) is 12.5 Å². The number of amides is 1. The number of carbonyl (C=O) groups excluding carboxylic acids is 1. The number of carbonyl (C=O) groups is 1. The van der Waals surface area contributed by atoms with Gasteiger partial charge in [0, 0.05) is 4.47 Å². The highest BCUT2D eigenvalue weighted by Gasteiger charge is 2.10. The summed E-state index contributed by atoms with van der Waals surface area (Å²) in [5, 5.41) is 4.20. The molecule has 0 spiro atoms. The maximum absolute atomic E-state index is 12.0. The number of hydrogen-bond acceptors (Lipinski definition) is 3. The summed E-state index contributed by atoms with van der Waals surface area (Å²) in [6, 6.07) is 13.6. The third-order valence-corrected chi connectivity index (χ3v) is 4.35. The molecule has 0 aliphatic heterocycles. The molecule has 0 unspecified atom stereocenters. The normalized spacial score (nSPS) is 11.2. The van der Waals surface area contributed by atoms with Crippen molar-refractivity contribution in [2.24, 2.45) is 5.10 Å². The van der Waals surface area contributed by atoms with Gasteiger partial charge in [-0.05, 0) is 52.5 Å². The first kappa shape index (κ1) is 18.7. The van der Waals surface area contributed by atoms with Crippen molar-refractivity contribution in [1.29, 1.82) is 0 Å². The lowest BCUT2D eigenvalue weighted by Gasteiger charge is -2.11. The third kappa shape index (κ3) is 5.18. The SMILES string of the molecule is CC/C(=N/NC(=O)COc1c(C)cc(Br)cc1Br)c1ccccc1. The van der Waals surface area contributed by atoms with Crippen molar-refractivity contribution in [3.63, 3.8) is 0 Å². The molecule has 126 valence electrons. The van der Waals surface area contributed by atoms with Crippen LogP contribution in [0.5, 0.6) is 5.75 Å². The van der Waals surface area contributed by atoms with Crippen molar-refractivity contribution < 1.29 is 9.53 Å². The molecule has 2 aromatic carbocycles. The van der Waals surface area contributed by atoms with Gasteiger partial charge in [0.2, 0.25) is 0 Å². The van der Waals surface area contributed by atoms with Crippen LogP contribution in [0.2, 0.25) is 0 Å². The largest absolute Gasteiger partial charge is 0.482 e. The molecule has 2 rings (SSSR count). The predicted octanol–water partition coefficient (Wildman–Crippen LogP) is 4.83. The zero-order valence-electron chi connectivity index (χ0n) is 13.5. The first-order chi connectivity index (χ1) is 11.5. The van der Waals surface area contributed by atoms with Gasteiger partial charge in [-0.1, -0.05) is 53.2 Å². The molecule has 0 aliphatic rings. The number of ether oxygens (including phenoxy) is 1. The molecule has 0 bridgehead atoms. The molecule has 0 fully saturated rings. The molecule has 1 N–H and O–H groups in total. The minimum Gasteiger partial charge on any atom is -0.482 e. The van der Waals surface area contributed by atoms with Crippen LogP contribution in [-0.4, -0.2) is 18.2 Å². The van der Waals surface area contributed by atoms with Gasteiger partial charge in [-0.15, -0.1) is 0 Å². The minimum absolute atomic E-state index is 0.101. The topological polar surface area (TPSA) is 50.7 Å². The van der Waals surface area contributed by atoms with E-state index in [4.69, 9.17) is 4.74 Å². The summed E-state index contributed by atoms with van der Waals surface area (Å²) in [6.45, 7) is 3.82. The van der Waals surface area contributed by atoms with E-state index in [9.17, 15) is 4.79 Å². The quantitative estimate of drug-likeness (QED) is 0.503. The number of halogens is 2. The molecule has 6 heteroatoms. The van der Waals surface area contributed by atoms with Crippen LogP contribution in [0.4, 0.5) is 0 Å². The fraction of sp³-hybridized carbons (Fsp3) is 0.222. The summed E-state index contributed by atoms with van der Waals surface area (Å²) < 4.78 is 7.35. The zero-order chi connectivity index (χ0) is 17.5. The van der Waals surface area contributed by atoms with Gasteiger partial charge in [-0.25, -0.2) is 5.43 Å². The average molecular weight is 454 g/mol. The van der Waals surface area contributed by atoms with Crippen molar-refractivity contribution in [3.8, 4) is 5.75 Å². The molecule has 0 radical (unpaired) electrons. The predicted molar refractivity (Wildman–Crippen MR) is 103 cm³/mol. The van der Waals surface area contributed by atoms with E-state index in [0.717, 1.165) is 32.2 Å². The van der Waals surface area contributed by atoms with Crippen LogP contribution in [-0.2, 0) is 4.79 Å². The first-order valence-corrected chi connectivity index (χ1v) is 9.09. The van der Waals surface area contributed by atoms with Crippen LogP contribution in [0.25, 0.3) is 0 Å². The van der Waals surface area contributed by atoms with E-state index in [1.54, 1.807) is 0 Å². The highest BCUT2D eigenvalue weighted by Crippen LogP contribution is 2.32. The Hall–Kier alpha value is -1.66. The van der Waals surface area contributed by atoms with E-state index in [2.05, 4.69) is 42.4 Å². The Bertz CT molecular complexity index is 723. The van der Waals surface area contributed by atoms with Gasteiger partial charge in [0.15, 0.2) is 6.61 Å². The molecule has 0 aromatic heterocycles. The number of nitrogens with one attached hydrogen (secondary N) is 1. The number of aryl methyl sites for hydroxylation is 1. The maximum atomic E-state index is 12.0. The summed E-state index contributed by atoms with van der Waals surface area (Å²) in [5.74, 6) is 0.349. The molecule has 2 aromatic rings. The van der Waals surface area contributed by atoms with Crippen LogP contribution in [0.3, 0.4) is 0 Å². The van der Waals surface area contributed by atoms with Crippen LogP contribution in [0.15, 0.2) is 56.5 Å². The monoisotopic (exact) mass is 452 g/mol. The van der Waals surface area contributed by atoms with Gasteiger partial charge in [0.05, 0.1) is 10.2 Å². The number of hydrogen-bond donors (Lipinski definition) is 1. The summed E-state index contributed by atoms with van der Waals surface area (Å²) in [7, 11) is 0. The van der Waals surface area contributed by atoms with Gasteiger partial charge in [0.1, 0.15) is 5.75 Å². The highest BCUT2D eigenvalue weighted by molar-refractivity contribution is 9.11. The molecule has 0 aliphatic carbocycles. The lowest BCUT2D eigenvalue weighted by Crippen LogP contribution is -2.26. The van der Waals surface area contributed by atoms with Crippen LogP contribution >= 0.6 is 31.9 Å². The Morgan fingerprint density at radius 1 is 1.21 bits per heavy atom. The van der Waals surface area contributed by atoms with E-state index in [0.29, 0.717) is 5.75 Å². The second-order valence-electron chi connectivity index (χ2n) is 5.14. The minimum atomic E-state index is -0.300. The Labute approximate surface area is 158 Å². The summed E-state index contributed by atoms with van der Waals surface area (Å²) in [5.41, 5.74) is 5.31. The van der Waals surface area contributed by atoms with Crippen molar-refractivity contribution >= 4 is 43.5 Å². The van der Waals surface area contributed by atoms with Gasteiger partial charge in [-0.3, -0.25) is 4.79 Å². The van der Waals surface area contributed by atoms with Crippen molar-refractivity contribution in [2.75, 3.05) is 6.61 Å².